The molecular formula is C13H23BN2O. The van der Waals surface area contributed by atoms with Crippen molar-refractivity contribution >= 4 is 12.5 Å². The van der Waals surface area contributed by atoms with E-state index in [9.17, 15) is 0 Å². The Morgan fingerprint density at radius 1 is 1.35 bits per heavy atom. The fraction of sp³-hybridized carbons (Fsp3) is 0.769. The first-order valence-electron chi connectivity index (χ1n) is 6.46. The molecule has 0 aliphatic carbocycles. The molecule has 0 amide bonds. The molecule has 0 aromatic carbocycles. The molecule has 0 saturated carbocycles. The first-order chi connectivity index (χ1) is 7.74. The maximum Gasteiger partial charge on any atom is 0.346 e. The Labute approximate surface area is 105 Å². The van der Waals surface area contributed by atoms with Crippen molar-refractivity contribution < 1.29 is 4.65 Å². The van der Waals surface area contributed by atoms with Crippen LogP contribution >= 0.6 is 0 Å². The van der Waals surface area contributed by atoms with Gasteiger partial charge in [0.25, 0.3) is 0 Å². The van der Waals surface area contributed by atoms with Gasteiger partial charge in [0.2, 0.25) is 0 Å². The molecule has 2 rings (SSSR count). The lowest BCUT2D eigenvalue weighted by atomic mass is 9.56. The molecule has 1 aromatic heterocycles. The number of hydrogen-bond donors (Lipinski definition) is 0. The van der Waals surface area contributed by atoms with Crippen LogP contribution in [0.3, 0.4) is 0 Å². The van der Waals surface area contributed by atoms with E-state index in [2.05, 4.69) is 57.4 Å². The van der Waals surface area contributed by atoms with E-state index in [4.69, 9.17) is 4.65 Å². The SMILES string of the molecule is CC(C)n1nccc1B1CC(C)(C)C(C)(C)O1. The van der Waals surface area contributed by atoms with Crippen molar-refractivity contribution in [3.05, 3.63) is 12.3 Å². The zero-order valence-electron chi connectivity index (χ0n) is 11.8. The van der Waals surface area contributed by atoms with Crippen LogP contribution < -0.4 is 5.59 Å². The summed E-state index contributed by atoms with van der Waals surface area (Å²) in [6.45, 7) is 13.4. The Bertz CT molecular complexity index is 393. The average Bonchev–Trinajstić information content (AvgIpc) is 2.69. The molecule has 94 valence electrons. The smallest absolute Gasteiger partial charge is 0.346 e. The largest absolute Gasteiger partial charge is 0.424 e. The lowest BCUT2D eigenvalue weighted by Crippen LogP contribution is -2.39. The Morgan fingerprint density at radius 2 is 2.00 bits per heavy atom. The summed E-state index contributed by atoms with van der Waals surface area (Å²) in [5.41, 5.74) is 1.33. The minimum absolute atomic E-state index is 0.0796. The van der Waals surface area contributed by atoms with Crippen LogP contribution in [0.5, 0.6) is 0 Å². The normalized spacial score (nSPS) is 22.4. The predicted octanol–water partition coefficient (Wildman–Crippen LogP) is 2.50. The molecule has 1 fully saturated rings. The highest BCUT2D eigenvalue weighted by molar-refractivity contribution is 6.67. The number of hydrogen-bond acceptors (Lipinski definition) is 2. The van der Waals surface area contributed by atoms with Gasteiger partial charge in [-0.1, -0.05) is 13.8 Å². The third kappa shape index (κ3) is 2.03. The van der Waals surface area contributed by atoms with Crippen LogP contribution in [0.1, 0.15) is 47.6 Å². The molecule has 0 radical (unpaired) electrons. The summed E-state index contributed by atoms with van der Waals surface area (Å²) in [4.78, 5) is 0. The first-order valence-corrected chi connectivity index (χ1v) is 6.46. The van der Waals surface area contributed by atoms with E-state index >= 15 is 0 Å². The second-order valence-corrected chi connectivity index (χ2v) is 6.50. The Morgan fingerprint density at radius 3 is 2.47 bits per heavy atom. The second-order valence-electron chi connectivity index (χ2n) is 6.50. The Hall–Kier alpha value is -0.765. The third-order valence-corrected chi connectivity index (χ3v) is 4.28. The van der Waals surface area contributed by atoms with Gasteiger partial charge in [0.15, 0.2) is 0 Å². The van der Waals surface area contributed by atoms with Crippen molar-refractivity contribution in [3.63, 3.8) is 0 Å². The van der Waals surface area contributed by atoms with Crippen molar-refractivity contribution in [2.45, 2.75) is 59.5 Å². The first kappa shape index (κ1) is 12.7. The highest BCUT2D eigenvalue weighted by atomic mass is 16.5. The van der Waals surface area contributed by atoms with E-state index in [1.54, 1.807) is 0 Å². The van der Waals surface area contributed by atoms with E-state index in [-0.39, 0.29) is 17.9 Å². The molecule has 17 heavy (non-hydrogen) atoms. The van der Waals surface area contributed by atoms with Crippen LogP contribution in [0.2, 0.25) is 6.32 Å². The van der Waals surface area contributed by atoms with Crippen LogP contribution in [0.25, 0.3) is 0 Å². The van der Waals surface area contributed by atoms with Gasteiger partial charge in [-0.3, -0.25) is 4.68 Å². The minimum atomic E-state index is -0.0796. The summed E-state index contributed by atoms with van der Waals surface area (Å²) in [6, 6.07) is 2.47. The summed E-state index contributed by atoms with van der Waals surface area (Å²) < 4.78 is 8.31. The van der Waals surface area contributed by atoms with Gasteiger partial charge in [-0.05, 0) is 45.5 Å². The van der Waals surface area contributed by atoms with Gasteiger partial charge < -0.3 is 4.65 Å². The molecule has 0 atom stereocenters. The Balaban J connectivity index is 2.29. The maximum atomic E-state index is 6.24. The highest BCUT2D eigenvalue weighted by Gasteiger charge is 2.50. The lowest BCUT2D eigenvalue weighted by Gasteiger charge is -2.34. The van der Waals surface area contributed by atoms with Gasteiger partial charge in [-0.2, -0.15) is 5.10 Å². The fourth-order valence-corrected chi connectivity index (χ4v) is 2.44. The van der Waals surface area contributed by atoms with E-state index in [1.165, 1.54) is 5.59 Å². The van der Waals surface area contributed by atoms with Crippen molar-refractivity contribution in [2.24, 2.45) is 5.41 Å². The topological polar surface area (TPSA) is 27.1 Å². The summed E-state index contributed by atoms with van der Waals surface area (Å²) in [5, 5.41) is 4.39. The Kier molecular flexibility index (Phi) is 2.89. The third-order valence-electron chi connectivity index (χ3n) is 4.28. The van der Waals surface area contributed by atoms with Gasteiger partial charge in [0.05, 0.1) is 5.60 Å². The van der Waals surface area contributed by atoms with Crippen LogP contribution in [-0.2, 0) is 4.65 Å². The van der Waals surface area contributed by atoms with Gasteiger partial charge in [0, 0.05) is 17.8 Å². The molecule has 1 aliphatic rings. The zero-order valence-corrected chi connectivity index (χ0v) is 11.8. The fourth-order valence-electron chi connectivity index (χ4n) is 2.44. The molecule has 1 aromatic rings. The van der Waals surface area contributed by atoms with Crippen LogP contribution in [0, 0.1) is 5.41 Å². The maximum absolute atomic E-state index is 6.24. The standard InChI is InChI=1S/C13H23BN2O/c1-10(2)16-11(7-8-15-16)14-9-12(3,4)13(5,6)17-14/h7-8,10H,9H2,1-6H3. The van der Waals surface area contributed by atoms with Crippen molar-refractivity contribution in [1.29, 1.82) is 0 Å². The molecule has 4 heteroatoms. The van der Waals surface area contributed by atoms with Crippen molar-refractivity contribution in [1.82, 2.24) is 9.78 Å². The molecule has 3 nitrogen and oxygen atoms in total. The molecule has 1 aliphatic heterocycles. The zero-order chi connectivity index (χ0) is 12.8. The average molecular weight is 234 g/mol. The van der Waals surface area contributed by atoms with E-state index < -0.39 is 0 Å². The van der Waals surface area contributed by atoms with Crippen molar-refractivity contribution in [3.8, 4) is 0 Å². The van der Waals surface area contributed by atoms with Crippen LogP contribution in [0.15, 0.2) is 12.3 Å². The summed E-state index contributed by atoms with van der Waals surface area (Å²) in [7, 11) is 0. The lowest BCUT2D eigenvalue weighted by molar-refractivity contribution is 0.0373. The van der Waals surface area contributed by atoms with Gasteiger partial charge in [-0.15, -0.1) is 0 Å². The van der Waals surface area contributed by atoms with Crippen LogP contribution in [0.4, 0.5) is 0 Å². The monoisotopic (exact) mass is 234 g/mol. The van der Waals surface area contributed by atoms with Crippen molar-refractivity contribution in [2.75, 3.05) is 0 Å². The molecule has 2 heterocycles. The predicted molar refractivity (Wildman–Crippen MR) is 71.8 cm³/mol. The molecule has 1 saturated heterocycles. The summed E-state index contributed by atoms with van der Waals surface area (Å²) in [5.74, 6) is 0. The van der Waals surface area contributed by atoms with Crippen LogP contribution in [-0.4, -0.2) is 22.3 Å². The molecule has 0 spiro atoms. The van der Waals surface area contributed by atoms with E-state index in [0.717, 1.165) is 6.32 Å². The number of aromatic nitrogens is 2. The van der Waals surface area contributed by atoms with E-state index in [1.807, 2.05) is 6.20 Å². The van der Waals surface area contributed by atoms with Gasteiger partial charge >= 0.3 is 6.92 Å². The van der Waals surface area contributed by atoms with Gasteiger partial charge in [0.1, 0.15) is 0 Å². The molecule has 0 N–H and O–H groups in total. The highest BCUT2D eigenvalue weighted by Crippen LogP contribution is 2.45. The number of rotatable bonds is 2. The quantitative estimate of drug-likeness (QED) is 0.735. The molecule has 0 unspecified atom stereocenters. The minimum Gasteiger partial charge on any atom is -0.424 e. The second kappa shape index (κ2) is 3.87. The summed E-state index contributed by atoms with van der Waals surface area (Å²) in [6.07, 6.45) is 2.93. The summed E-state index contributed by atoms with van der Waals surface area (Å²) >= 11 is 0. The number of nitrogens with zero attached hydrogens (tertiary/aromatic N) is 2. The van der Waals surface area contributed by atoms with Gasteiger partial charge in [-0.25, -0.2) is 0 Å². The molecular weight excluding hydrogens is 211 g/mol. The molecule has 0 bridgehead atoms. The van der Waals surface area contributed by atoms with E-state index in [0.29, 0.717) is 6.04 Å².